The fourth-order valence-electron chi connectivity index (χ4n) is 3.64. The maximum absolute atomic E-state index is 12.8. The van der Waals surface area contributed by atoms with Crippen molar-refractivity contribution in [3.05, 3.63) is 28.8 Å². The third-order valence-electron chi connectivity index (χ3n) is 5.04. The smallest absolute Gasteiger partial charge is 0.328 e. The first-order valence-corrected chi connectivity index (χ1v) is 9.44. The standard InChI is InChI=1S/C19H25ClN2O4/c1-3-15-11-21(10-13-6-7-14(20)9-17(13)26-15)12-18(23)22-8-4-5-16(22)19(24)25-2/h6-7,9,15-16H,3-5,8,10-12H2,1-2H3/t15?,16-/m0/s1. The average molecular weight is 381 g/mol. The Kier molecular flexibility index (Phi) is 6.04. The van der Waals surface area contributed by atoms with E-state index < -0.39 is 6.04 Å². The number of ether oxygens (including phenoxy) is 2. The van der Waals surface area contributed by atoms with Crippen LogP contribution in [0.1, 0.15) is 31.7 Å². The van der Waals surface area contributed by atoms with Crippen LogP contribution in [0.25, 0.3) is 0 Å². The van der Waals surface area contributed by atoms with E-state index >= 15 is 0 Å². The van der Waals surface area contributed by atoms with Crippen LogP contribution in [-0.2, 0) is 20.9 Å². The van der Waals surface area contributed by atoms with E-state index in [4.69, 9.17) is 21.1 Å². The van der Waals surface area contributed by atoms with Gasteiger partial charge in [0.05, 0.1) is 13.7 Å². The Hall–Kier alpha value is -1.79. The van der Waals surface area contributed by atoms with E-state index in [1.807, 2.05) is 18.2 Å². The molecule has 2 aliphatic heterocycles. The molecular weight excluding hydrogens is 356 g/mol. The van der Waals surface area contributed by atoms with Crippen molar-refractivity contribution in [1.29, 1.82) is 0 Å². The molecule has 1 saturated heterocycles. The van der Waals surface area contributed by atoms with Crippen LogP contribution in [0.4, 0.5) is 0 Å². The number of likely N-dealkylation sites (tertiary alicyclic amines) is 1. The van der Waals surface area contributed by atoms with Gasteiger partial charge in [-0.2, -0.15) is 0 Å². The minimum atomic E-state index is -0.455. The molecule has 2 atom stereocenters. The first-order valence-electron chi connectivity index (χ1n) is 9.06. The number of rotatable bonds is 4. The molecule has 0 radical (unpaired) electrons. The van der Waals surface area contributed by atoms with E-state index in [1.165, 1.54) is 7.11 Å². The molecule has 0 bridgehead atoms. The molecule has 1 amide bonds. The van der Waals surface area contributed by atoms with Crippen LogP contribution >= 0.6 is 11.6 Å². The second kappa shape index (κ2) is 8.27. The van der Waals surface area contributed by atoms with E-state index in [9.17, 15) is 9.59 Å². The number of fused-ring (bicyclic) bond motifs is 1. The molecular formula is C19H25ClN2O4. The van der Waals surface area contributed by atoms with Crippen molar-refractivity contribution in [2.75, 3.05) is 26.7 Å². The molecule has 1 fully saturated rings. The zero-order valence-electron chi connectivity index (χ0n) is 15.2. The first kappa shape index (κ1) is 19.0. The number of benzene rings is 1. The van der Waals surface area contributed by atoms with E-state index in [-0.39, 0.29) is 24.5 Å². The Morgan fingerprint density at radius 2 is 2.19 bits per heavy atom. The Balaban J connectivity index is 1.73. The van der Waals surface area contributed by atoms with Crippen LogP contribution in [-0.4, -0.2) is 60.6 Å². The molecule has 0 aromatic heterocycles. The van der Waals surface area contributed by atoms with Crippen molar-refractivity contribution in [3.8, 4) is 5.75 Å². The van der Waals surface area contributed by atoms with Gasteiger partial charge in [-0.25, -0.2) is 4.79 Å². The van der Waals surface area contributed by atoms with Gasteiger partial charge in [0, 0.05) is 30.2 Å². The van der Waals surface area contributed by atoms with Crippen LogP contribution in [0.5, 0.6) is 5.75 Å². The molecule has 7 heteroatoms. The molecule has 0 spiro atoms. The van der Waals surface area contributed by atoms with Gasteiger partial charge in [-0.1, -0.05) is 24.6 Å². The number of hydrogen-bond acceptors (Lipinski definition) is 5. The van der Waals surface area contributed by atoms with Crippen LogP contribution in [0.15, 0.2) is 18.2 Å². The van der Waals surface area contributed by atoms with Crippen LogP contribution in [0, 0.1) is 0 Å². The topological polar surface area (TPSA) is 59.1 Å². The second-order valence-corrected chi connectivity index (χ2v) is 7.27. The Bertz CT molecular complexity index is 682. The molecule has 3 rings (SSSR count). The third kappa shape index (κ3) is 4.13. The van der Waals surface area contributed by atoms with Gasteiger partial charge in [0.2, 0.25) is 5.91 Å². The number of carbonyl (C=O) groups excluding carboxylic acids is 2. The zero-order valence-corrected chi connectivity index (χ0v) is 16.0. The highest BCUT2D eigenvalue weighted by Crippen LogP contribution is 2.29. The van der Waals surface area contributed by atoms with Crippen LogP contribution in [0.2, 0.25) is 5.02 Å². The zero-order chi connectivity index (χ0) is 18.7. The molecule has 0 N–H and O–H groups in total. The highest BCUT2D eigenvalue weighted by molar-refractivity contribution is 6.30. The van der Waals surface area contributed by atoms with Crippen molar-refractivity contribution in [2.45, 2.75) is 44.9 Å². The minimum absolute atomic E-state index is 0.00232. The molecule has 0 saturated carbocycles. The Labute approximate surface area is 159 Å². The summed E-state index contributed by atoms with van der Waals surface area (Å²) < 4.78 is 10.9. The Morgan fingerprint density at radius 1 is 1.38 bits per heavy atom. The van der Waals surface area contributed by atoms with E-state index in [1.54, 1.807) is 4.90 Å². The third-order valence-corrected chi connectivity index (χ3v) is 5.27. The number of amides is 1. The van der Waals surface area contributed by atoms with Gasteiger partial charge in [0.1, 0.15) is 17.9 Å². The molecule has 1 unspecified atom stereocenters. The summed E-state index contributed by atoms with van der Waals surface area (Å²) in [5.74, 6) is 0.416. The van der Waals surface area contributed by atoms with Gasteiger partial charge >= 0.3 is 5.97 Å². The minimum Gasteiger partial charge on any atom is -0.489 e. The molecule has 0 aliphatic carbocycles. The number of halogens is 1. The molecule has 2 heterocycles. The summed E-state index contributed by atoms with van der Waals surface area (Å²) in [6, 6.07) is 5.16. The highest BCUT2D eigenvalue weighted by Gasteiger charge is 2.35. The molecule has 6 nitrogen and oxygen atoms in total. The number of methoxy groups -OCH3 is 1. The monoisotopic (exact) mass is 380 g/mol. The summed E-state index contributed by atoms with van der Waals surface area (Å²) in [6.07, 6.45) is 2.33. The van der Waals surface area contributed by atoms with Crippen molar-refractivity contribution < 1.29 is 19.1 Å². The van der Waals surface area contributed by atoms with Crippen molar-refractivity contribution in [2.24, 2.45) is 0 Å². The SMILES string of the molecule is CCC1CN(CC(=O)N2CCC[C@H]2C(=O)OC)Cc2ccc(Cl)cc2O1. The summed E-state index contributed by atoms with van der Waals surface area (Å²) >= 11 is 6.09. The summed E-state index contributed by atoms with van der Waals surface area (Å²) in [4.78, 5) is 28.5. The van der Waals surface area contributed by atoms with Crippen molar-refractivity contribution in [1.82, 2.24) is 9.80 Å². The summed E-state index contributed by atoms with van der Waals surface area (Å²) in [5.41, 5.74) is 1.02. The van der Waals surface area contributed by atoms with Crippen molar-refractivity contribution >= 4 is 23.5 Å². The van der Waals surface area contributed by atoms with E-state index in [2.05, 4.69) is 11.8 Å². The van der Waals surface area contributed by atoms with Crippen molar-refractivity contribution in [3.63, 3.8) is 0 Å². The largest absolute Gasteiger partial charge is 0.489 e. The predicted molar refractivity (Wildman–Crippen MR) is 98.2 cm³/mol. The normalized spacial score (nSPS) is 23.1. The maximum Gasteiger partial charge on any atom is 0.328 e. The Morgan fingerprint density at radius 3 is 2.92 bits per heavy atom. The first-order chi connectivity index (χ1) is 12.5. The molecule has 2 aliphatic rings. The maximum atomic E-state index is 12.8. The van der Waals surface area contributed by atoms with Gasteiger partial charge in [-0.05, 0) is 31.4 Å². The lowest BCUT2D eigenvalue weighted by Crippen LogP contribution is -2.46. The van der Waals surface area contributed by atoms with Crippen LogP contribution in [0.3, 0.4) is 0 Å². The lowest BCUT2D eigenvalue weighted by molar-refractivity contribution is -0.151. The van der Waals surface area contributed by atoms with Gasteiger partial charge in [-0.15, -0.1) is 0 Å². The van der Waals surface area contributed by atoms with Gasteiger partial charge in [-0.3, -0.25) is 9.69 Å². The van der Waals surface area contributed by atoms with Gasteiger partial charge < -0.3 is 14.4 Å². The van der Waals surface area contributed by atoms with E-state index in [0.717, 1.165) is 24.2 Å². The number of hydrogen-bond donors (Lipinski definition) is 0. The number of nitrogens with zero attached hydrogens (tertiary/aromatic N) is 2. The fourth-order valence-corrected chi connectivity index (χ4v) is 3.80. The lowest BCUT2D eigenvalue weighted by atomic mass is 10.2. The molecule has 142 valence electrons. The van der Waals surface area contributed by atoms with Crippen LogP contribution < -0.4 is 4.74 Å². The number of carbonyl (C=O) groups is 2. The summed E-state index contributed by atoms with van der Waals surface area (Å²) in [6.45, 7) is 4.20. The molecule has 1 aromatic carbocycles. The number of esters is 1. The highest BCUT2D eigenvalue weighted by atomic mass is 35.5. The molecule has 26 heavy (non-hydrogen) atoms. The van der Waals surface area contributed by atoms with Gasteiger partial charge in [0.15, 0.2) is 0 Å². The fraction of sp³-hybridized carbons (Fsp3) is 0.579. The van der Waals surface area contributed by atoms with Gasteiger partial charge in [0.25, 0.3) is 0 Å². The lowest BCUT2D eigenvalue weighted by Gasteiger charge is -2.27. The summed E-state index contributed by atoms with van der Waals surface area (Å²) in [7, 11) is 1.36. The summed E-state index contributed by atoms with van der Waals surface area (Å²) in [5, 5.41) is 0.640. The quantitative estimate of drug-likeness (QED) is 0.751. The second-order valence-electron chi connectivity index (χ2n) is 6.84. The van der Waals surface area contributed by atoms with E-state index in [0.29, 0.717) is 31.1 Å². The predicted octanol–water partition coefficient (Wildman–Crippen LogP) is 2.48. The average Bonchev–Trinajstić information content (AvgIpc) is 3.05. The molecule has 1 aromatic rings.